The zero-order chi connectivity index (χ0) is 16.6. The average Bonchev–Trinajstić information content (AvgIpc) is 2.61. The molecule has 0 unspecified atom stereocenters. The van der Waals surface area contributed by atoms with Crippen molar-refractivity contribution in [1.29, 1.82) is 0 Å². The summed E-state index contributed by atoms with van der Waals surface area (Å²) >= 11 is 5.60. The predicted octanol–water partition coefficient (Wildman–Crippen LogP) is 7.38. The lowest BCUT2D eigenvalue weighted by Gasteiger charge is -2.00. The zero-order valence-electron chi connectivity index (χ0n) is 14.6. The molecule has 0 bridgehead atoms. The predicted molar refractivity (Wildman–Crippen MR) is 104 cm³/mol. The fourth-order valence-electron chi connectivity index (χ4n) is 2.61. The molecule has 1 nitrogen and oxygen atoms in total. The molecule has 0 saturated carbocycles. The molecule has 1 heterocycles. The van der Waals surface area contributed by atoms with Crippen molar-refractivity contribution in [1.82, 2.24) is 4.98 Å². The molecular formula is C21H32ClN. The Kier molecular flexibility index (Phi) is 12.6. The number of alkyl halides is 1. The summed E-state index contributed by atoms with van der Waals surface area (Å²) < 4.78 is 0. The van der Waals surface area contributed by atoms with Crippen LogP contribution >= 0.6 is 11.6 Å². The summed E-state index contributed by atoms with van der Waals surface area (Å²) in [4.78, 5) is 4.01. The highest BCUT2D eigenvalue weighted by atomic mass is 35.5. The van der Waals surface area contributed by atoms with E-state index in [2.05, 4.69) is 24.0 Å². The smallest absolute Gasteiger partial charge is 0.0346 e. The topological polar surface area (TPSA) is 12.9 Å². The van der Waals surface area contributed by atoms with E-state index in [1.54, 1.807) is 0 Å². The molecule has 1 aromatic carbocycles. The molecule has 0 atom stereocenters. The maximum Gasteiger partial charge on any atom is 0.0346 e. The van der Waals surface area contributed by atoms with Gasteiger partial charge >= 0.3 is 0 Å². The minimum Gasteiger partial charge on any atom is -0.264 e. The first-order valence-electron chi connectivity index (χ1n) is 9.23. The molecule has 0 radical (unpaired) electrons. The second-order valence-electron chi connectivity index (χ2n) is 6.09. The summed E-state index contributed by atoms with van der Waals surface area (Å²) in [5.41, 5.74) is 0. The van der Waals surface area contributed by atoms with E-state index in [9.17, 15) is 0 Å². The van der Waals surface area contributed by atoms with Crippen molar-refractivity contribution in [3.63, 3.8) is 0 Å². The number of nitrogens with zero attached hydrogens (tertiary/aromatic N) is 1. The van der Waals surface area contributed by atoms with E-state index in [1.165, 1.54) is 75.0 Å². The van der Waals surface area contributed by atoms with Gasteiger partial charge in [0, 0.05) is 18.3 Å². The zero-order valence-corrected chi connectivity index (χ0v) is 15.4. The van der Waals surface area contributed by atoms with E-state index >= 15 is 0 Å². The van der Waals surface area contributed by atoms with E-state index in [0.717, 1.165) is 5.88 Å². The number of aromatic nitrogens is 1. The number of halogens is 1. The maximum atomic E-state index is 5.60. The number of unbranched alkanes of at least 4 members (excludes halogenated alkanes) is 9. The highest BCUT2D eigenvalue weighted by molar-refractivity contribution is 6.17. The van der Waals surface area contributed by atoms with Crippen molar-refractivity contribution in [3.05, 3.63) is 42.7 Å². The largest absolute Gasteiger partial charge is 0.264 e. The van der Waals surface area contributed by atoms with Gasteiger partial charge in [-0.2, -0.15) is 0 Å². The van der Waals surface area contributed by atoms with Crippen LogP contribution in [0.2, 0.25) is 0 Å². The van der Waals surface area contributed by atoms with E-state index < -0.39 is 0 Å². The Morgan fingerprint density at radius 3 is 1.87 bits per heavy atom. The van der Waals surface area contributed by atoms with Gasteiger partial charge in [0.2, 0.25) is 0 Å². The Morgan fingerprint density at radius 1 is 0.739 bits per heavy atom. The lowest BCUT2D eigenvalue weighted by Crippen LogP contribution is -1.81. The molecule has 128 valence electrons. The Morgan fingerprint density at radius 2 is 1.30 bits per heavy atom. The van der Waals surface area contributed by atoms with Crippen LogP contribution in [-0.4, -0.2) is 10.9 Å². The number of hydrogen-bond acceptors (Lipinski definition) is 1. The molecule has 0 aliphatic rings. The van der Waals surface area contributed by atoms with Crippen molar-refractivity contribution in [2.45, 2.75) is 71.1 Å². The monoisotopic (exact) mass is 333 g/mol. The van der Waals surface area contributed by atoms with E-state index in [0.29, 0.717) is 0 Å². The lowest BCUT2D eigenvalue weighted by molar-refractivity contribution is 0.563. The third-order valence-electron chi connectivity index (χ3n) is 4.04. The normalized spacial score (nSPS) is 10.3. The Bertz CT molecular complexity index is 422. The first kappa shape index (κ1) is 20.0. The summed E-state index contributed by atoms with van der Waals surface area (Å²) in [6.45, 7) is 2.27. The first-order valence-corrected chi connectivity index (χ1v) is 9.76. The molecule has 0 saturated heterocycles. The van der Waals surface area contributed by atoms with Crippen LogP contribution in [0.4, 0.5) is 0 Å². The molecule has 0 spiro atoms. The summed E-state index contributed by atoms with van der Waals surface area (Å²) in [5, 5.41) is 2.45. The average molecular weight is 334 g/mol. The third kappa shape index (κ3) is 10.3. The van der Waals surface area contributed by atoms with Crippen LogP contribution in [0.5, 0.6) is 0 Å². The van der Waals surface area contributed by atoms with Gasteiger partial charge in [0.15, 0.2) is 0 Å². The Balaban J connectivity index is 0.000000235. The molecule has 1 aromatic heterocycles. The molecular weight excluding hydrogens is 302 g/mol. The van der Waals surface area contributed by atoms with Crippen molar-refractivity contribution in [2.75, 3.05) is 5.88 Å². The lowest BCUT2D eigenvalue weighted by atomic mass is 10.1. The minimum absolute atomic E-state index is 0.844. The van der Waals surface area contributed by atoms with Gasteiger partial charge in [0.05, 0.1) is 0 Å². The van der Waals surface area contributed by atoms with Crippen LogP contribution < -0.4 is 0 Å². The molecule has 2 aromatic rings. The number of hydrogen-bond donors (Lipinski definition) is 0. The van der Waals surface area contributed by atoms with Gasteiger partial charge in [-0.25, -0.2) is 0 Å². The highest BCUT2D eigenvalue weighted by Gasteiger charge is 1.91. The number of rotatable bonds is 10. The fourth-order valence-corrected chi connectivity index (χ4v) is 2.80. The summed E-state index contributed by atoms with van der Waals surface area (Å²) in [5.74, 6) is 0.844. The van der Waals surface area contributed by atoms with Gasteiger partial charge in [-0.15, -0.1) is 11.6 Å². The van der Waals surface area contributed by atoms with Crippen molar-refractivity contribution in [2.24, 2.45) is 0 Å². The molecule has 0 fully saturated rings. The van der Waals surface area contributed by atoms with Crippen LogP contribution in [0.3, 0.4) is 0 Å². The van der Waals surface area contributed by atoms with Gasteiger partial charge in [0.25, 0.3) is 0 Å². The Labute approximate surface area is 147 Å². The van der Waals surface area contributed by atoms with Gasteiger partial charge in [-0.3, -0.25) is 4.98 Å². The molecule has 0 aliphatic carbocycles. The second kappa shape index (κ2) is 14.5. The van der Waals surface area contributed by atoms with Crippen molar-refractivity contribution < 1.29 is 0 Å². The first-order chi connectivity index (χ1) is 11.4. The summed E-state index contributed by atoms with van der Waals surface area (Å²) in [6.07, 6.45) is 17.6. The van der Waals surface area contributed by atoms with Crippen LogP contribution in [0.25, 0.3) is 10.8 Å². The van der Waals surface area contributed by atoms with Crippen LogP contribution in [0.15, 0.2) is 42.7 Å². The van der Waals surface area contributed by atoms with E-state index in [1.807, 2.05) is 30.6 Å². The van der Waals surface area contributed by atoms with Crippen LogP contribution in [0, 0.1) is 0 Å². The number of fused-ring (bicyclic) bond motifs is 1. The molecule has 2 rings (SSSR count). The van der Waals surface area contributed by atoms with Gasteiger partial charge in [-0.1, -0.05) is 89.0 Å². The third-order valence-corrected chi connectivity index (χ3v) is 4.30. The van der Waals surface area contributed by atoms with Crippen molar-refractivity contribution >= 4 is 22.4 Å². The van der Waals surface area contributed by atoms with E-state index in [4.69, 9.17) is 11.6 Å². The standard InChI is InChI=1S/C12H25Cl.C9H7N/c1-2-3-4-5-6-7-8-9-10-11-12-13;1-2-4-9-7-10-6-5-8(9)3-1/h2-12H2,1H3;1-7H. The molecule has 0 aliphatic heterocycles. The van der Waals surface area contributed by atoms with Crippen molar-refractivity contribution in [3.8, 4) is 0 Å². The molecule has 23 heavy (non-hydrogen) atoms. The number of pyridine rings is 1. The van der Waals surface area contributed by atoms with Crippen LogP contribution in [-0.2, 0) is 0 Å². The molecule has 0 N–H and O–H groups in total. The SMILES string of the molecule is CCCCCCCCCCCCCl.c1ccc2cnccc2c1. The molecule has 2 heteroatoms. The van der Waals surface area contributed by atoms with Crippen LogP contribution in [0.1, 0.15) is 71.1 Å². The number of benzene rings is 1. The minimum atomic E-state index is 0.844. The summed E-state index contributed by atoms with van der Waals surface area (Å²) in [6, 6.07) is 10.2. The maximum absolute atomic E-state index is 5.60. The van der Waals surface area contributed by atoms with Gasteiger partial charge in [0.1, 0.15) is 0 Å². The molecule has 0 amide bonds. The highest BCUT2D eigenvalue weighted by Crippen LogP contribution is 2.11. The van der Waals surface area contributed by atoms with Gasteiger partial charge in [-0.05, 0) is 23.3 Å². The van der Waals surface area contributed by atoms with E-state index in [-0.39, 0.29) is 0 Å². The quantitative estimate of drug-likeness (QED) is 0.326. The Hall–Kier alpha value is -1.08. The second-order valence-corrected chi connectivity index (χ2v) is 6.47. The summed E-state index contributed by atoms with van der Waals surface area (Å²) in [7, 11) is 0. The van der Waals surface area contributed by atoms with Gasteiger partial charge < -0.3 is 0 Å². The fraction of sp³-hybridized carbons (Fsp3) is 0.571.